The number of allylic oxidation sites excluding steroid dienone is 4. The van der Waals surface area contributed by atoms with Gasteiger partial charge in [0.2, 0.25) is 5.91 Å². The average Bonchev–Trinajstić information content (AvgIpc) is 3.33. The fourth-order valence-corrected chi connectivity index (χ4v) is 10.3. The maximum atomic E-state index is 13.0. The number of hydrogen-bond donors (Lipinski definition) is 3. The van der Waals surface area contributed by atoms with Crippen LogP contribution in [-0.2, 0) is 18.4 Å². The summed E-state index contributed by atoms with van der Waals surface area (Å²) in [5.74, 6) is -0.144. The standard InChI is InChI=1S/C62H123N2O6P/c1-6-8-10-12-14-16-18-20-22-24-26-27-28-29-30-31-32-33-34-35-36-38-39-41-43-45-47-49-51-53-55-61(65)60(59-70-71(67,68)69-58-57-64(3,4)5)63-62(66)56-54-52-50-48-46-44-42-40-37-25-23-21-19-17-15-13-11-9-7-2/h15,17,21,23,60-61,65H,6-14,16,18-20,22,24-59H2,1-5H3,(H-,63,66,67,68)/p+1/b17-15-,23-21-. The van der Waals surface area contributed by atoms with Gasteiger partial charge in [-0.3, -0.25) is 13.8 Å². The fourth-order valence-electron chi connectivity index (χ4n) is 9.55. The number of nitrogens with zero attached hydrogens (tertiary/aromatic N) is 1. The third-order valence-electron chi connectivity index (χ3n) is 14.5. The number of phosphoric acid groups is 1. The minimum Gasteiger partial charge on any atom is -0.391 e. The third kappa shape index (κ3) is 56.5. The lowest BCUT2D eigenvalue weighted by atomic mass is 10.0. The maximum absolute atomic E-state index is 13.0. The van der Waals surface area contributed by atoms with Crippen LogP contribution in [0.3, 0.4) is 0 Å². The Labute approximate surface area is 443 Å². The molecule has 0 bridgehead atoms. The van der Waals surface area contributed by atoms with Crippen LogP contribution in [0.5, 0.6) is 0 Å². The number of aliphatic hydroxyl groups is 1. The van der Waals surface area contributed by atoms with E-state index >= 15 is 0 Å². The smallest absolute Gasteiger partial charge is 0.391 e. The maximum Gasteiger partial charge on any atom is 0.472 e. The lowest BCUT2D eigenvalue weighted by Crippen LogP contribution is -2.46. The van der Waals surface area contributed by atoms with Crippen LogP contribution in [0.1, 0.15) is 316 Å². The number of phosphoric ester groups is 1. The second-order valence-corrected chi connectivity index (χ2v) is 24.2. The summed E-state index contributed by atoms with van der Waals surface area (Å²) < 4.78 is 23.8. The van der Waals surface area contributed by atoms with Crippen LogP contribution in [0.15, 0.2) is 24.3 Å². The monoisotopic (exact) mass is 1020 g/mol. The van der Waals surface area contributed by atoms with Crippen molar-refractivity contribution in [3.63, 3.8) is 0 Å². The van der Waals surface area contributed by atoms with Crippen molar-refractivity contribution in [3.05, 3.63) is 24.3 Å². The minimum absolute atomic E-state index is 0.0751. The molecule has 0 aromatic rings. The molecule has 9 heteroatoms. The number of carbonyl (C=O) groups excluding carboxylic acids is 1. The zero-order chi connectivity index (χ0) is 52.0. The van der Waals surface area contributed by atoms with Gasteiger partial charge in [0.1, 0.15) is 13.2 Å². The normalized spacial score (nSPS) is 14.0. The van der Waals surface area contributed by atoms with E-state index in [1.807, 2.05) is 21.1 Å². The van der Waals surface area contributed by atoms with Crippen molar-refractivity contribution in [2.45, 2.75) is 328 Å². The molecule has 3 N–H and O–H groups in total. The van der Waals surface area contributed by atoms with Gasteiger partial charge in [0.15, 0.2) is 0 Å². The minimum atomic E-state index is -4.33. The molecule has 0 fully saturated rings. The molecule has 8 nitrogen and oxygen atoms in total. The summed E-state index contributed by atoms with van der Waals surface area (Å²) in [6.07, 6.45) is 68.2. The van der Waals surface area contributed by atoms with E-state index in [0.29, 0.717) is 23.9 Å². The van der Waals surface area contributed by atoms with Gasteiger partial charge in [0.25, 0.3) is 0 Å². The molecule has 3 atom stereocenters. The van der Waals surface area contributed by atoms with Gasteiger partial charge in [0.05, 0.1) is 39.9 Å². The first kappa shape index (κ1) is 70.0. The van der Waals surface area contributed by atoms with E-state index in [-0.39, 0.29) is 19.1 Å². The van der Waals surface area contributed by atoms with Crippen LogP contribution in [0.25, 0.3) is 0 Å². The van der Waals surface area contributed by atoms with Gasteiger partial charge in [0, 0.05) is 6.42 Å². The molecule has 0 aromatic heterocycles. The largest absolute Gasteiger partial charge is 0.472 e. The molecule has 0 rings (SSSR count). The van der Waals surface area contributed by atoms with Gasteiger partial charge >= 0.3 is 7.82 Å². The summed E-state index contributed by atoms with van der Waals surface area (Å²) in [7, 11) is 1.62. The fraction of sp³-hybridized carbons (Fsp3) is 0.919. The van der Waals surface area contributed by atoms with Gasteiger partial charge < -0.3 is 19.8 Å². The Bertz CT molecular complexity index is 1210. The molecule has 0 spiro atoms. The molecular weight excluding hydrogens is 900 g/mol. The molecule has 0 aliphatic heterocycles. The molecule has 0 heterocycles. The molecule has 0 saturated heterocycles. The van der Waals surface area contributed by atoms with E-state index in [1.54, 1.807) is 0 Å². The van der Waals surface area contributed by atoms with Crippen molar-refractivity contribution in [1.29, 1.82) is 0 Å². The Morgan fingerprint density at radius 3 is 1.18 bits per heavy atom. The molecule has 0 saturated carbocycles. The van der Waals surface area contributed by atoms with E-state index in [2.05, 4.69) is 43.5 Å². The number of carbonyl (C=O) groups is 1. The summed E-state index contributed by atoms with van der Waals surface area (Å²) in [4.78, 5) is 23.4. The summed E-state index contributed by atoms with van der Waals surface area (Å²) >= 11 is 0. The molecule has 422 valence electrons. The van der Waals surface area contributed by atoms with Crippen LogP contribution in [0.2, 0.25) is 0 Å². The Kier molecular flexibility index (Phi) is 53.0. The highest BCUT2D eigenvalue weighted by Gasteiger charge is 2.28. The molecule has 3 unspecified atom stereocenters. The van der Waals surface area contributed by atoms with Crippen LogP contribution >= 0.6 is 7.82 Å². The number of unbranched alkanes of at least 4 members (excludes halogenated alkanes) is 41. The second-order valence-electron chi connectivity index (χ2n) is 22.8. The van der Waals surface area contributed by atoms with Gasteiger partial charge in [-0.05, 0) is 44.9 Å². The van der Waals surface area contributed by atoms with Crippen molar-refractivity contribution < 1.29 is 32.9 Å². The zero-order valence-electron chi connectivity index (χ0n) is 48.2. The average molecular weight is 1020 g/mol. The third-order valence-corrected chi connectivity index (χ3v) is 15.4. The van der Waals surface area contributed by atoms with E-state index in [0.717, 1.165) is 44.9 Å². The lowest BCUT2D eigenvalue weighted by molar-refractivity contribution is -0.870. The van der Waals surface area contributed by atoms with E-state index in [1.165, 1.54) is 244 Å². The van der Waals surface area contributed by atoms with Crippen molar-refractivity contribution >= 4 is 13.7 Å². The van der Waals surface area contributed by atoms with Crippen LogP contribution in [0, 0.1) is 0 Å². The molecule has 1 amide bonds. The van der Waals surface area contributed by atoms with Crippen LogP contribution in [0.4, 0.5) is 0 Å². The van der Waals surface area contributed by atoms with Crippen molar-refractivity contribution in [2.75, 3.05) is 40.9 Å². The van der Waals surface area contributed by atoms with Gasteiger partial charge in [-0.1, -0.05) is 289 Å². The molecule has 0 aromatic carbocycles. The first-order valence-electron chi connectivity index (χ1n) is 31.2. The molecule has 71 heavy (non-hydrogen) atoms. The molecular formula is C62H124N2O6P+. The Hall–Kier alpha value is -1.02. The Balaban J connectivity index is 4.05. The highest BCUT2D eigenvalue weighted by Crippen LogP contribution is 2.43. The van der Waals surface area contributed by atoms with Gasteiger partial charge in [-0.2, -0.15) is 0 Å². The highest BCUT2D eigenvalue weighted by atomic mass is 31.2. The summed E-state index contributed by atoms with van der Waals surface area (Å²) in [5.41, 5.74) is 0. The van der Waals surface area contributed by atoms with Crippen molar-refractivity contribution in [3.8, 4) is 0 Å². The second kappa shape index (κ2) is 53.8. The molecule has 0 aliphatic rings. The van der Waals surface area contributed by atoms with Gasteiger partial charge in [-0.15, -0.1) is 0 Å². The number of likely N-dealkylation sites (N-methyl/N-ethyl adjacent to an activating group) is 1. The van der Waals surface area contributed by atoms with Crippen LogP contribution < -0.4 is 5.32 Å². The van der Waals surface area contributed by atoms with E-state index in [9.17, 15) is 19.4 Å². The predicted octanol–water partition coefficient (Wildman–Crippen LogP) is 19.2. The zero-order valence-corrected chi connectivity index (χ0v) is 49.1. The first-order chi connectivity index (χ1) is 34.5. The van der Waals surface area contributed by atoms with E-state index < -0.39 is 20.0 Å². The Morgan fingerprint density at radius 2 is 0.803 bits per heavy atom. The predicted molar refractivity (Wildman–Crippen MR) is 309 cm³/mol. The van der Waals surface area contributed by atoms with Crippen molar-refractivity contribution in [1.82, 2.24) is 5.32 Å². The number of aliphatic hydroxyl groups excluding tert-OH is 1. The highest BCUT2D eigenvalue weighted by molar-refractivity contribution is 7.47. The first-order valence-corrected chi connectivity index (χ1v) is 32.7. The summed E-state index contributed by atoms with van der Waals surface area (Å²) in [6.45, 7) is 4.90. The Morgan fingerprint density at radius 1 is 0.479 bits per heavy atom. The number of rotatable bonds is 58. The van der Waals surface area contributed by atoms with Crippen LogP contribution in [-0.4, -0.2) is 73.4 Å². The molecule has 0 radical (unpaired) electrons. The quantitative estimate of drug-likeness (QED) is 0.0243. The SMILES string of the molecule is CCCCC/C=C\C/C=C\CCCCCCCCCCCC(=O)NC(COP(=O)(O)OCC[N+](C)(C)C)C(O)CCCCCCCCCCCCCCCCCCCCCCCCCCCCCCCC. The number of amides is 1. The number of quaternary nitrogens is 1. The number of nitrogens with one attached hydrogen (secondary N) is 1. The number of hydrogen-bond acceptors (Lipinski definition) is 5. The van der Waals surface area contributed by atoms with Crippen molar-refractivity contribution in [2.24, 2.45) is 0 Å². The summed E-state index contributed by atoms with van der Waals surface area (Å²) in [5, 5.41) is 14.1. The topological polar surface area (TPSA) is 105 Å². The van der Waals surface area contributed by atoms with Gasteiger partial charge in [-0.25, -0.2) is 4.57 Å². The summed E-state index contributed by atoms with van der Waals surface area (Å²) in [6, 6.07) is -0.763. The molecule has 0 aliphatic carbocycles. The lowest BCUT2D eigenvalue weighted by Gasteiger charge is -2.26. The van der Waals surface area contributed by atoms with E-state index in [4.69, 9.17) is 9.05 Å².